The summed E-state index contributed by atoms with van der Waals surface area (Å²) in [5, 5.41) is 5.03. The highest BCUT2D eigenvalue weighted by atomic mass is 32.1. The van der Waals surface area contributed by atoms with Crippen LogP contribution in [-0.2, 0) is 6.54 Å². The molecule has 0 spiro atoms. The third-order valence-corrected chi connectivity index (χ3v) is 3.25. The van der Waals surface area contributed by atoms with E-state index >= 15 is 0 Å². The van der Waals surface area contributed by atoms with Crippen molar-refractivity contribution in [3.8, 4) is 5.75 Å². The zero-order chi connectivity index (χ0) is 13.7. The van der Waals surface area contributed by atoms with E-state index in [-0.39, 0.29) is 4.87 Å². The Bertz CT molecular complexity index is 592. The highest BCUT2D eigenvalue weighted by Gasteiger charge is 2.03. The van der Waals surface area contributed by atoms with Crippen LogP contribution in [0.4, 0.5) is 11.4 Å². The van der Waals surface area contributed by atoms with E-state index in [0.717, 1.165) is 29.1 Å². The van der Waals surface area contributed by atoms with Crippen molar-refractivity contribution in [1.82, 2.24) is 4.98 Å². The Hall–Kier alpha value is -1.95. The normalized spacial score (nSPS) is 10.4. The van der Waals surface area contributed by atoms with Crippen molar-refractivity contribution < 1.29 is 4.74 Å². The summed E-state index contributed by atoms with van der Waals surface area (Å²) < 4.78 is 5.56. The minimum Gasteiger partial charge on any atom is -0.491 e. The van der Waals surface area contributed by atoms with E-state index in [1.54, 1.807) is 5.38 Å². The molecule has 6 heteroatoms. The molecule has 0 aliphatic rings. The van der Waals surface area contributed by atoms with Crippen LogP contribution in [0.1, 0.15) is 19.0 Å². The van der Waals surface area contributed by atoms with Crippen molar-refractivity contribution in [2.45, 2.75) is 19.9 Å². The average Bonchev–Trinajstić information content (AvgIpc) is 2.82. The lowest BCUT2D eigenvalue weighted by atomic mass is 10.2. The molecule has 4 N–H and O–H groups in total. The van der Waals surface area contributed by atoms with Crippen LogP contribution in [0.15, 0.2) is 28.4 Å². The number of benzene rings is 1. The molecule has 1 aromatic heterocycles. The van der Waals surface area contributed by atoms with Gasteiger partial charge in [0.2, 0.25) is 0 Å². The molecule has 19 heavy (non-hydrogen) atoms. The van der Waals surface area contributed by atoms with Crippen molar-refractivity contribution in [1.29, 1.82) is 0 Å². The molecule has 0 aliphatic heterocycles. The third kappa shape index (κ3) is 3.75. The second-order valence-corrected chi connectivity index (χ2v) is 4.97. The van der Waals surface area contributed by atoms with Gasteiger partial charge in [0.05, 0.1) is 18.8 Å². The summed E-state index contributed by atoms with van der Waals surface area (Å²) in [5.74, 6) is 0.686. The molecule has 5 nitrogen and oxygen atoms in total. The number of aromatic nitrogens is 1. The minimum absolute atomic E-state index is 0.0407. The largest absolute Gasteiger partial charge is 0.491 e. The molecule has 2 aromatic rings. The molecule has 1 heterocycles. The number of thiazole rings is 1. The van der Waals surface area contributed by atoms with Crippen LogP contribution < -0.4 is 20.7 Å². The van der Waals surface area contributed by atoms with Gasteiger partial charge in [0.15, 0.2) is 0 Å². The number of anilines is 2. The molecule has 0 amide bonds. The number of hydrogen-bond acceptors (Lipinski definition) is 5. The van der Waals surface area contributed by atoms with Gasteiger partial charge in [-0.05, 0) is 18.6 Å². The quantitative estimate of drug-likeness (QED) is 0.709. The third-order valence-electron chi connectivity index (χ3n) is 2.53. The predicted octanol–water partition coefficient (Wildman–Crippen LogP) is 2.42. The average molecular weight is 279 g/mol. The van der Waals surface area contributed by atoms with E-state index in [9.17, 15) is 4.79 Å². The van der Waals surface area contributed by atoms with Crippen molar-refractivity contribution >= 4 is 22.7 Å². The predicted molar refractivity (Wildman–Crippen MR) is 78.9 cm³/mol. The molecular formula is C13H17N3O2S. The maximum absolute atomic E-state index is 11.0. The van der Waals surface area contributed by atoms with Crippen LogP contribution in [0, 0.1) is 0 Å². The SMILES string of the molecule is CCCOc1cc(NCc2csc(=O)[nH]2)ccc1N. The number of nitrogen functional groups attached to an aromatic ring is 1. The molecular weight excluding hydrogens is 262 g/mol. The molecule has 2 rings (SSSR count). The topological polar surface area (TPSA) is 80.1 Å². The van der Waals surface area contributed by atoms with Gasteiger partial charge in [-0.1, -0.05) is 18.3 Å². The summed E-state index contributed by atoms with van der Waals surface area (Å²) in [6, 6.07) is 5.57. The lowest BCUT2D eigenvalue weighted by Crippen LogP contribution is -2.04. The van der Waals surface area contributed by atoms with E-state index in [4.69, 9.17) is 10.5 Å². The Kier molecular flexibility index (Phi) is 4.46. The molecule has 0 radical (unpaired) electrons. The highest BCUT2D eigenvalue weighted by molar-refractivity contribution is 7.07. The fraction of sp³-hybridized carbons (Fsp3) is 0.308. The first-order valence-electron chi connectivity index (χ1n) is 6.12. The molecule has 0 fully saturated rings. The Morgan fingerprint density at radius 1 is 1.47 bits per heavy atom. The van der Waals surface area contributed by atoms with Gasteiger partial charge in [0.25, 0.3) is 0 Å². The van der Waals surface area contributed by atoms with Crippen molar-refractivity contribution in [3.05, 3.63) is 38.9 Å². The first-order chi connectivity index (χ1) is 9.19. The zero-order valence-electron chi connectivity index (χ0n) is 10.7. The summed E-state index contributed by atoms with van der Waals surface area (Å²) >= 11 is 1.16. The monoisotopic (exact) mass is 279 g/mol. The van der Waals surface area contributed by atoms with Crippen LogP contribution in [0.2, 0.25) is 0 Å². The first kappa shape index (κ1) is 13.5. The Labute approximate surface area is 115 Å². The number of aromatic amines is 1. The van der Waals surface area contributed by atoms with Crippen LogP contribution in [0.3, 0.4) is 0 Å². The van der Waals surface area contributed by atoms with Gasteiger partial charge < -0.3 is 20.8 Å². The van der Waals surface area contributed by atoms with E-state index in [0.29, 0.717) is 24.6 Å². The number of H-pyrrole nitrogens is 1. The van der Waals surface area contributed by atoms with E-state index in [1.165, 1.54) is 0 Å². The van der Waals surface area contributed by atoms with E-state index < -0.39 is 0 Å². The number of rotatable bonds is 6. The Morgan fingerprint density at radius 2 is 2.32 bits per heavy atom. The Morgan fingerprint density at radius 3 is 3.00 bits per heavy atom. The molecule has 102 valence electrons. The van der Waals surface area contributed by atoms with Crippen molar-refractivity contribution in [2.24, 2.45) is 0 Å². The number of nitrogens with two attached hydrogens (primary N) is 1. The second kappa shape index (κ2) is 6.29. The smallest absolute Gasteiger partial charge is 0.304 e. The van der Waals surface area contributed by atoms with E-state index in [1.807, 2.05) is 25.1 Å². The van der Waals surface area contributed by atoms with Gasteiger partial charge in [-0.2, -0.15) is 0 Å². The molecule has 0 aliphatic carbocycles. The fourth-order valence-electron chi connectivity index (χ4n) is 1.58. The summed E-state index contributed by atoms with van der Waals surface area (Å²) in [5.41, 5.74) is 8.24. The molecule has 1 aromatic carbocycles. The summed E-state index contributed by atoms with van der Waals surface area (Å²) in [6.45, 7) is 3.26. The van der Waals surface area contributed by atoms with Crippen LogP contribution in [0.25, 0.3) is 0 Å². The molecule has 0 saturated carbocycles. The van der Waals surface area contributed by atoms with Crippen LogP contribution in [0.5, 0.6) is 5.75 Å². The highest BCUT2D eigenvalue weighted by Crippen LogP contribution is 2.25. The van der Waals surface area contributed by atoms with Crippen molar-refractivity contribution in [3.63, 3.8) is 0 Å². The van der Waals surface area contributed by atoms with Gasteiger partial charge in [-0.15, -0.1) is 0 Å². The number of hydrogen-bond donors (Lipinski definition) is 3. The lowest BCUT2D eigenvalue weighted by molar-refractivity contribution is 0.319. The summed E-state index contributed by atoms with van der Waals surface area (Å²) in [7, 11) is 0. The summed E-state index contributed by atoms with van der Waals surface area (Å²) in [4.78, 5) is 13.7. The van der Waals surface area contributed by atoms with Gasteiger partial charge in [0.1, 0.15) is 5.75 Å². The number of nitrogens with one attached hydrogen (secondary N) is 2. The summed E-state index contributed by atoms with van der Waals surface area (Å²) in [6.07, 6.45) is 0.938. The molecule has 0 saturated heterocycles. The molecule has 0 bridgehead atoms. The molecule has 0 atom stereocenters. The van der Waals surface area contributed by atoms with Crippen LogP contribution >= 0.6 is 11.3 Å². The minimum atomic E-state index is -0.0407. The van der Waals surface area contributed by atoms with Gasteiger partial charge in [0, 0.05) is 22.8 Å². The van der Waals surface area contributed by atoms with Crippen molar-refractivity contribution in [2.75, 3.05) is 17.7 Å². The molecule has 0 unspecified atom stereocenters. The standard InChI is InChI=1S/C13H17N3O2S/c1-2-5-18-12-6-9(3-4-11(12)14)15-7-10-8-19-13(17)16-10/h3-4,6,8,15H,2,5,7,14H2,1H3,(H,16,17). The zero-order valence-corrected chi connectivity index (χ0v) is 11.5. The van der Waals surface area contributed by atoms with E-state index in [2.05, 4.69) is 10.3 Å². The van der Waals surface area contributed by atoms with Crippen LogP contribution in [-0.4, -0.2) is 11.6 Å². The maximum Gasteiger partial charge on any atom is 0.304 e. The maximum atomic E-state index is 11.0. The Balaban J connectivity index is 2.02. The van der Waals surface area contributed by atoms with Gasteiger partial charge >= 0.3 is 4.87 Å². The lowest BCUT2D eigenvalue weighted by Gasteiger charge is -2.11. The van der Waals surface area contributed by atoms with Gasteiger partial charge in [-0.3, -0.25) is 4.79 Å². The first-order valence-corrected chi connectivity index (χ1v) is 7.00. The fourth-order valence-corrected chi connectivity index (χ4v) is 2.16. The van der Waals surface area contributed by atoms with Gasteiger partial charge in [-0.25, -0.2) is 0 Å². The number of ether oxygens (including phenoxy) is 1. The second-order valence-electron chi connectivity index (χ2n) is 4.13.